The number of rotatable bonds is 5. The normalized spacial score (nSPS) is 18.5. The summed E-state index contributed by atoms with van der Waals surface area (Å²) in [5.74, 6) is 0.901. The van der Waals surface area contributed by atoms with Gasteiger partial charge in [0.25, 0.3) is 5.91 Å². The zero-order valence-corrected chi connectivity index (χ0v) is 20.1. The second-order valence-corrected chi connectivity index (χ2v) is 9.12. The number of hydrogen-bond acceptors (Lipinski definition) is 4. The predicted octanol–water partition coefficient (Wildman–Crippen LogP) is 6.15. The minimum absolute atomic E-state index is 0.0863. The number of halogens is 4. The van der Waals surface area contributed by atoms with Crippen LogP contribution in [0.5, 0.6) is 0 Å². The van der Waals surface area contributed by atoms with E-state index in [0.29, 0.717) is 16.5 Å². The molecule has 36 heavy (non-hydrogen) atoms. The van der Waals surface area contributed by atoms with Gasteiger partial charge in [0.15, 0.2) is 0 Å². The molecule has 0 radical (unpaired) electrons. The second kappa shape index (κ2) is 11.5. The number of carbonyl (C=O) groups excluding carboxylic acids is 1. The summed E-state index contributed by atoms with van der Waals surface area (Å²) < 4.78 is 39.6. The van der Waals surface area contributed by atoms with Crippen molar-refractivity contribution >= 4 is 29.2 Å². The van der Waals surface area contributed by atoms with Crippen LogP contribution in [0.3, 0.4) is 0 Å². The summed E-state index contributed by atoms with van der Waals surface area (Å²) in [6.07, 6.45) is 3.15. The number of aromatic nitrogens is 2. The Labute approximate surface area is 212 Å². The molecule has 0 unspecified atom stereocenters. The van der Waals surface area contributed by atoms with Crippen LogP contribution in [0.4, 0.5) is 18.9 Å². The lowest BCUT2D eigenvalue weighted by Gasteiger charge is -2.26. The molecule has 0 aliphatic heterocycles. The molecule has 3 aromatic rings. The Morgan fingerprint density at radius 1 is 1.00 bits per heavy atom. The fourth-order valence-corrected chi connectivity index (χ4v) is 4.27. The predicted molar refractivity (Wildman–Crippen MR) is 133 cm³/mol. The molecule has 0 saturated heterocycles. The Balaban J connectivity index is 1.48. The number of nitrogens with zero attached hydrogens (tertiary/aromatic N) is 3. The van der Waals surface area contributed by atoms with Crippen molar-refractivity contribution < 1.29 is 18.0 Å². The van der Waals surface area contributed by atoms with Crippen molar-refractivity contribution in [1.82, 2.24) is 15.3 Å². The van der Waals surface area contributed by atoms with Crippen molar-refractivity contribution in [2.24, 2.45) is 10.9 Å². The highest BCUT2D eigenvalue weighted by Gasteiger charge is 2.30. The number of nitrogens with one attached hydrogen (secondary N) is 2. The quantitative estimate of drug-likeness (QED) is 0.315. The van der Waals surface area contributed by atoms with E-state index in [2.05, 4.69) is 25.6 Å². The van der Waals surface area contributed by atoms with Gasteiger partial charge < -0.3 is 5.32 Å². The number of aliphatic imine (C=N–C) groups is 1. The third-order valence-corrected chi connectivity index (χ3v) is 6.26. The summed E-state index contributed by atoms with van der Waals surface area (Å²) in [7, 11) is 0. The summed E-state index contributed by atoms with van der Waals surface area (Å²) >= 11 is 5.91. The topological polar surface area (TPSA) is 79.3 Å². The first-order valence-electron chi connectivity index (χ1n) is 11.6. The molecular weight excluding hydrogens is 491 g/mol. The highest BCUT2D eigenvalue weighted by Crippen LogP contribution is 2.31. The molecule has 2 N–H and O–H groups in total. The molecule has 2 aromatic carbocycles. The lowest BCUT2D eigenvalue weighted by molar-refractivity contribution is -0.137. The van der Waals surface area contributed by atoms with E-state index in [1.54, 1.807) is 42.7 Å². The van der Waals surface area contributed by atoms with Crippen molar-refractivity contribution in [3.63, 3.8) is 0 Å². The van der Waals surface area contributed by atoms with Crippen LogP contribution in [0.2, 0.25) is 5.02 Å². The monoisotopic (exact) mass is 515 g/mol. The zero-order valence-electron chi connectivity index (χ0n) is 19.3. The van der Waals surface area contributed by atoms with Crippen LogP contribution < -0.4 is 10.6 Å². The van der Waals surface area contributed by atoms with E-state index in [9.17, 15) is 18.0 Å². The first-order valence-corrected chi connectivity index (χ1v) is 12.0. The van der Waals surface area contributed by atoms with Crippen molar-refractivity contribution in [3.8, 4) is 0 Å². The number of guanidine groups is 1. The summed E-state index contributed by atoms with van der Waals surface area (Å²) in [6.45, 7) is 0. The van der Waals surface area contributed by atoms with Gasteiger partial charge in [0, 0.05) is 35.1 Å². The van der Waals surface area contributed by atoms with Crippen LogP contribution in [0.25, 0.3) is 0 Å². The maximum atomic E-state index is 13.2. The highest BCUT2D eigenvalue weighted by atomic mass is 35.5. The van der Waals surface area contributed by atoms with Gasteiger partial charge in [-0.2, -0.15) is 13.2 Å². The van der Waals surface area contributed by atoms with E-state index >= 15 is 0 Å². The average molecular weight is 516 g/mol. The number of benzene rings is 2. The molecule has 0 spiro atoms. The Morgan fingerprint density at radius 2 is 1.69 bits per heavy atom. The smallest absolute Gasteiger partial charge is 0.326 e. The first kappa shape index (κ1) is 25.6. The largest absolute Gasteiger partial charge is 0.416 e. The van der Waals surface area contributed by atoms with E-state index in [1.807, 2.05) is 0 Å². The lowest BCUT2D eigenvalue weighted by atomic mass is 9.84. The van der Waals surface area contributed by atoms with Crippen LogP contribution in [0, 0.1) is 5.92 Å². The Morgan fingerprint density at radius 3 is 2.36 bits per heavy atom. The van der Waals surface area contributed by atoms with Gasteiger partial charge in [0.1, 0.15) is 5.82 Å². The number of amides is 1. The van der Waals surface area contributed by atoms with Gasteiger partial charge >= 0.3 is 6.18 Å². The maximum Gasteiger partial charge on any atom is 0.416 e. The Bertz CT molecular complexity index is 1190. The molecule has 10 heteroatoms. The molecular formula is C26H25ClF3N5O. The SMILES string of the molecule is O=C(NC(=NC1CCC(Cc2ncccn2)CC1)Nc1cccc(C(F)(F)F)c1)c1ccc(Cl)cc1. The summed E-state index contributed by atoms with van der Waals surface area (Å²) in [5, 5.41) is 6.07. The minimum atomic E-state index is -4.48. The second-order valence-electron chi connectivity index (χ2n) is 8.69. The number of anilines is 1. The molecule has 1 amide bonds. The molecule has 4 rings (SSSR count). The van der Waals surface area contributed by atoms with Crippen molar-refractivity contribution in [1.29, 1.82) is 0 Å². The van der Waals surface area contributed by atoms with Crippen LogP contribution in [-0.2, 0) is 12.6 Å². The molecule has 6 nitrogen and oxygen atoms in total. The highest BCUT2D eigenvalue weighted by molar-refractivity contribution is 6.30. The molecule has 0 bridgehead atoms. The molecule has 1 heterocycles. The van der Waals surface area contributed by atoms with Crippen LogP contribution in [0.1, 0.15) is 47.4 Å². The molecule has 0 atom stereocenters. The van der Waals surface area contributed by atoms with E-state index < -0.39 is 17.6 Å². The number of carbonyl (C=O) groups is 1. The van der Waals surface area contributed by atoms with E-state index in [-0.39, 0.29) is 17.7 Å². The minimum Gasteiger partial charge on any atom is -0.326 e. The van der Waals surface area contributed by atoms with E-state index in [1.165, 1.54) is 12.1 Å². The standard InChI is InChI=1S/C26H25ClF3N5O/c27-20-9-7-18(8-10-20)24(36)35-25(34-22-4-1-3-19(16-22)26(28,29)30)33-21-11-5-17(6-12-21)15-23-31-13-2-14-32-23/h1-4,7-10,13-14,16-17,21H,5-6,11-12,15H2,(H2,33,34,35,36). The molecule has 1 aliphatic rings. The average Bonchev–Trinajstić information content (AvgIpc) is 2.86. The fourth-order valence-electron chi connectivity index (χ4n) is 4.14. The fraction of sp³-hybridized carbons (Fsp3) is 0.308. The maximum absolute atomic E-state index is 13.2. The van der Waals surface area contributed by atoms with Gasteiger partial charge in [-0.25, -0.2) is 15.0 Å². The van der Waals surface area contributed by atoms with Gasteiger partial charge in [0.05, 0.1) is 11.6 Å². The Kier molecular flexibility index (Phi) is 8.20. The van der Waals surface area contributed by atoms with E-state index in [0.717, 1.165) is 50.1 Å². The van der Waals surface area contributed by atoms with Crippen LogP contribution in [-0.4, -0.2) is 27.9 Å². The molecule has 1 aliphatic carbocycles. The summed E-state index contributed by atoms with van der Waals surface area (Å²) in [6, 6.07) is 12.8. The number of alkyl halides is 3. The zero-order chi connectivity index (χ0) is 25.5. The van der Waals surface area contributed by atoms with Crippen LogP contribution in [0.15, 0.2) is 72.0 Å². The summed E-state index contributed by atoms with van der Waals surface area (Å²) in [5.41, 5.74) is -0.265. The third kappa shape index (κ3) is 7.27. The third-order valence-electron chi connectivity index (χ3n) is 6.01. The molecule has 1 fully saturated rings. The first-order chi connectivity index (χ1) is 17.3. The molecule has 1 aromatic heterocycles. The van der Waals surface area contributed by atoms with Crippen LogP contribution >= 0.6 is 11.6 Å². The van der Waals surface area contributed by atoms with E-state index in [4.69, 9.17) is 11.6 Å². The van der Waals surface area contributed by atoms with Gasteiger partial charge in [-0.3, -0.25) is 10.1 Å². The van der Waals surface area contributed by atoms with Gasteiger partial charge in [-0.05, 0) is 80.1 Å². The van der Waals surface area contributed by atoms with Crippen molar-refractivity contribution in [3.05, 3.63) is 89.0 Å². The summed E-state index contributed by atoms with van der Waals surface area (Å²) in [4.78, 5) is 26.1. The van der Waals surface area contributed by atoms with Crippen molar-refractivity contribution in [2.75, 3.05) is 5.32 Å². The molecule has 1 saturated carbocycles. The van der Waals surface area contributed by atoms with Crippen molar-refractivity contribution in [2.45, 2.75) is 44.3 Å². The van der Waals surface area contributed by atoms with Gasteiger partial charge in [0.2, 0.25) is 5.96 Å². The molecule has 188 valence electrons. The van der Waals surface area contributed by atoms with Gasteiger partial charge in [-0.1, -0.05) is 17.7 Å². The number of hydrogen-bond donors (Lipinski definition) is 2. The lowest BCUT2D eigenvalue weighted by Crippen LogP contribution is -2.37. The Hall–Kier alpha value is -3.46. The van der Waals surface area contributed by atoms with Gasteiger partial charge in [-0.15, -0.1) is 0 Å².